The lowest BCUT2D eigenvalue weighted by Crippen LogP contribution is -2.35. The summed E-state index contributed by atoms with van der Waals surface area (Å²) in [6.45, 7) is 0.514. The Labute approximate surface area is 129 Å². The Balaban J connectivity index is 1.68. The van der Waals surface area contributed by atoms with Gasteiger partial charge in [-0.15, -0.1) is 0 Å². The SMILES string of the molecule is COC(=O)C1(N)CC1c1cccc(OCc2ccccc2)c1. The first-order valence-electron chi connectivity index (χ1n) is 7.27. The first kappa shape index (κ1) is 14.6. The fourth-order valence-electron chi connectivity index (χ4n) is 2.67. The van der Waals surface area contributed by atoms with Crippen LogP contribution in [-0.2, 0) is 16.1 Å². The molecule has 1 fully saturated rings. The molecule has 0 aromatic heterocycles. The van der Waals surface area contributed by atoms with Crippen molar-refractivity contribution in [1.82, 2.24) is 0 Å². The molecule has 1 saturated carbocycles. The van der Waals surface area contributed by atoms with Crippen molar-refractivity contribution in [2.45, 2.75) is 24.5 Å². The van der Waals surface area contributed by atoms with E-state index in [2.05, 4.69) is 0 Å². The molecular weight excluding hydrogens is 278 g/mol. The molecule has 1 aliphatic carbocycles. The number of methoxy groups -OCH3 is 1. The number of ether oxygens (including phenoxy) is 2. The topological polar surface area (TPSA) is 61.5 Å². The second-order valence-electron chi connectivity index (χ2n) is 5.64. The molecule has 0 heterocycles. The van der Waals surface area contributed by atoms with Gasteiger partial charge in [0, 0.05) is 5.92 Å². The highest BCUT2D eigenvalue weighted by Gasteiger charge is 2.58. The molecule has 22 heavy (non-hydrogen) atoms. The van der Waals surface area contributed by atoms with E-state index in [0.29, 0.717) is 13.0 Å². The van der Waals surface area contributed by atoms with Crippen LogP contribution in [0.5, 0.6) is 5.75 Å². The van der Waals surface area contributed by atoms with E-state index in [9.17, 15) is 4.79 Å². The van der Waals surface area contributed by atoms with E-state index in [-0.39, 0.29) is 11.9 Å². The van der Waals surface area contributed by atoms with Crippen molar-refractivity contribution in [3.05, 3.63) is 65.7 Å². The molecule has 0 radical (unpaired) electrons. The van der Waals surface area contributed by atoms with Crippen molar-refractivity contribution in [2.75, 3.05) is 7.11 Å². The normalized spacial score (nSPS) is 22.9. The standard InChI is InChI=1S/C18H19NO3/c1-21-17(20)18(19)11-16(18)14-8-5-9-15(10-14)22-12-13-6-3-2-4-7-13/h2-10,16H,11-12,19H2,1H3. The second kappa shape index (κ2) is 5.81. The van der Waals surface area contributed by atoms with Gasteiger partial charge in [0.15, 0.2) is 0 Å². The van der Waals surface area contributed by atoms with Crippen LogP contribution in [0.25, 0.3) is 0 Å². The Morgan fingerprint density at radius 2 is 2.00 bits per heavy atom. The maximum atomic E-state index is 11.7. The van der Waals surface area contributed by atoms with Crippen molar-refractivity contribution in [2.24, 2.45) is 5.73 Å². The molecule has 4 heteroatoms. The van der Waals surface area contributed by atoms with Crippen LogP contribution in [0.2, 0.25) is 0 Å². The minimum atomic E-state index is -0.882. The summed E-state index contributed by atoms with van der Waals surface area (Å²) >= 11 is 0. The Morgan fingerprint density at radius 1 is 1.23 bits per heavy atom. The molecule has 0 saturated heterocycles. The van der Waals surface area contributed by atoms with Gasteiger partial charge >= 0.3 is 5.97 Å². The van der Waals surface area contributed by atoms with Gasteiger partial charge in [0.1, 0.15) is 17.9 Å². The summed E-state index contributed by atoms with van der Waals surface area (Å²) in [4.78, 5) is 11.7. The molecule has 2 atom stereocenters. The highest BCUT2D eigenvalue weighted by molar-refractivity contribution is 5.86. The Hall–Kier alpha value is -2.33. The highest BCUT2D eigenvalue weighted by Crippen LogP contribution is 2.50. The second-order valence-corrected chi connectivity index (χ2v) is 5.64. The first-order valence-corrected chi connectivity index (χ1v) is 7.27. The van der Waals surface area contributed by atoms with Gasteiger partial charge in [0.2, 0.25) is 0 Å². The molecule has 0 aliphatic heterocycles. The van der Waals surface area contributed by atoms with E-state index >= 15 is 0 Å². The zero-order valence-corrected chi connectivity index (χ0v) is 12.5. The Kier molecular flexibility index (Phi) is 3.86. The van der Waals surface area contributed by atoms with E-state index in [1.54, 1.807) is 0 Å². The fourth-order valence-corrected chi connectivity index (χ4v) is 2.67. The predicted molar refractivity (Wildman–Crippen MR) is 83.5 cm³/mol. The van der Waals surface area contributed by atoms with Gasteiger partial charge in [-0.25, -0.2) is 0 Å². The summed E-state index contributed by atoms with van der Waals surface area (Å²) in [6, 6.07) is 17.7. The van der Waals surface area contributed by atoms with Crippen LogP contribution in [0.3, 0.4) is 0 Å². The van der Waals surface area contributed by atoms with Gasteiger partial charge < -0.3 is 15.2 Å². The van der Waals surface area contributed by atoms with Gasteiger partial charge in [0.05, 0.1) is 7.11 Å². The molecule has 1 aliphatic rings. The lowest BCUT2D eigenvalue weighted by molar-refractivity contribution is -0.143. The third-order valence-electron chi connectivity index (χ3n) is 4.08. The zero-order chi connectivity index (χ0) is 15.6. The summed E-state index contributed by atoms with van der Waals surface area (Å²) < 4.78 is 10.6. The molecule has 0 amide bonds. The lowest BCUT2D eigenvalue weighted by atomic mass is 10.1. The van der Waals surface area contributed by atoms with E-state index in [4.69, 9.17) is 15.2 Å². The molecule has 114 valence electrons. The number of benzene rings is 2. The van der Waals surface area contributed by atoms with E-state index < -0.39 is 5.54 Å². The van der Waals surface area contributed by atoms with E-state index in [0.717, 1.165) is 16.9 Å². The maximum Gasteiger partial charge on any atom is 0.326 e. The van der Waals surface area contributed by atoms with E-state index in [1.807, 2.05) is 54.6 Å². The van der Waals surface area contributed by atoms with Crippen LogP contribution in [0.1, 0.15) is 23.5 Å². The molecule has 2 aromatic rings. The number of esters is 1. The van der Waals surface area contributed by atoms with Crippen molar-refractivity contribution in [3.8, 4) is 5.75 Å². The van der Waals surface area contributed by atoms with Crippen LogP contribution in [0.4, 0.5) is 0 Å². The molecule has 0 bridgehead atoms. The average molecular weight is 297 g/mol. The van der Waals surface area contributed by atoms with E-state index in [1.165, 1.54) is 7.11 Å². The molecule has 2 aromatic carbocycles. The first-order chi connectivity index (χ1) is 10.6. The molecular formula is C18H19NO3. The van der Waals surface area contributed by atoms with Crippen molar-refractivity contribution >= 4 is 5.97 Å². The van der Waals surface area contributed by atoms with Crippen LogP contribution in [-0.4, -0.2) is 18.6 Å². The van der Waals surface area contributed by atoms with Crippen LogP contribution >= 0.6 is 0 Å². The predicted octanol–water partition coefficient (Wildman–Crippen LogP) is 2.62. The number of carbonyl (C=O) groups is 1. The summed E-state index contributed by atoms with van der Waals surface area (Å²) in [6.07, 6.45) is 0.613. The number of carbonyl (C=O) groups excluding carboxylic acids is 1. The van der Waals surface area contributed by atoms with Crippen molar-refractivity contribution in [1.29, 1.82) is 0 Å². The average Bonchev–Trinajstić information content (AvgIpc) is 3.27. The molecule has 4 nitrogen and oxygen atoms in total. The van der Waals surface area contributed by atoms with Crippen LogP contribution in [0.15, 0.2) is 54.6 Å². The largest absolute Gasteiger partial charge is 0.489 e. The highest BCUT2D eigenvalue weighted by atomic mass is 16.5. The van der Waals surface area contributed by atoms with Gasteiger partial charge in [-0.2, -0.15) is 0 Å². The molecule has 2 N–H and O–H groups in total. The third kappa shape index (κ3) is 2.83. The smallest absolute Gasteiger partial charge is 0.326 e. The molecule has 0 spiro atoms. The zero-order valence-electron chi connectivity index (χ0n) is 12.5. The summed E-state index contributed by atoms with van der Waals surface area (Å²) in [5, 5.41) is 0. The minimum Gasteiger partial charge on any atom is -0.489 e. The van der Waals surface area contributed by atoms with Gasteiger partial charge in [-0.05, 0) is 29.7 Å². The van der Waals surface area contributed by atoms with Crippen molar-refractivity contribution < 1.29 is 14.3 Å². The number of hydrogen-bond acceptors (Lipinski definition) is 4. The monoisotopic (exact) mass is 297 g/mol. The Morgan fingerprint density at radius 3 is 2.73 bits per heavy atom. The molecule has 2 unspecified atom stereocenters. The number of rotatable bonds is 5. The minimum absolute atomic E-state index is 0.000209. The van der Waals surface area contributed by atoms with Crippen LogP contribution < -0.4 is 10.5 Å². The summed E-state index contributed by atoms with van der Waals surface area (Å²) in [5.41, 5.74) is 7.32. The van der Waals surface area contributed by atoms with Gasteiger partial charge in [-0.1, -0.05) is 42.5 Å². The number of nitrogens with two attached hydrogens (primary N) is 1. The Bertz CT molecular complexity index is 671. The summed E-state index contributed by atoms with van der Waals surface area (Å²) in [5.74, 6) is 0.425. The fraction of sp³-hybridized carbons (Fsp3) is 0.278. The van der Waals surface area contributed by atoms with Gasteiger partial charge in [0.25, 0.3) is 0 Å². The van der Waals surface area contributed by atoms with Crippen LogP contribution in [0, 0.1) is 0 Å². The number of hydrogen-bond donors (Lipinski definition) is 1. The van der Waals surface area contributed by atoms with Gasteiger partial charge in [-0.3, -0.25) is 4.79 Å². The third-order valence-corrected chi connectivity index (χ3v) is 4.08. The quantitative estimate of drug-likeness (QED) is 0.862. The van der Waals surface area contributed by atoms with Crippen molar-refractivity contribution in [3.63, 3.8) is 0 Å². The lowest BCUT2D eigenvalue weighted by Gasteiger charge is -2.11. The summed E-state index contributed by atoms with van der Waals surface area (Å²) in [7, 11) is 1.37. The molecule has 3 rings (SSSR count). The maximum absolute atomic E-state index is 11.7.